The molecule has 0 saturated heterocycles. The first-order valence-electron chi connectivity index (χ1n) is 8.62. The lowest BCUT2D eigenvalue weighted by molar-refractivity contribution is -0.119. The molecule has 1 heterocycles. The van der Waals surface area contributed by atoms with Crippen LogP contribution in [0.2, 0.25) is 0 Å². The fraction of sp³-hybridized carbons (Fsp3) is 0.136. The zero-order valence-electron chi connectivity index (χ0n) is 15.0. The number of carbonyl (C=O) groups excluding carboxylic acids is 1. The molecule has 4 aromatic rings. The number of hydrogen-bond acceptors (Lipinski definition) is 4. The number of para-hydroxylation sites is 1. The second-order valence-electron chi connectivity index (χ2n) is 6.38. The summed E-state index contributed by atoms with van der Waals surface area (Å²) in [7, 11) is 1.60. The number of methoxy groups -OCH3 is 1. The first-order chi connectivity index (χ1) is 13.1. The van der Waals surface area contributed by atoms with E-state index in [1.807, 2.05) is 48.5 Å². The minimum Gasteiger partial charge on any atom is -0.508 e. The van der Waals surface area contributed by atoms with Gasteiger partial charge in [0.1, 0.15) is 22.7 Å². The van der Waals surface area contributed by atoms with Gasteiger partial charge in [0, 0.05) is 23.3 Å². The highest BCUT2D eigenvalue weighted by atomic mass is 16.5. The lowest BCUT2D eigenvalue weighted by Gasteiger charge is -2.21. The Morgan fingerprint density at radius 3 is 2.48 bits per heavy atom. The Morgan fingerprint density at radius 2 is 1.78 bits per heavy atom. The van der Waals surface area contributed by atoms with E-state index in [2.05, 4.69) is 5.32 Å². The maximum atomic E-state index is 11.9. The molecule has 1 aromatic heterocycles. The fourth-order valence-corrected chi connectivity index (χ4v) is 3.45. The van der Waals surface area contributed by atoms with Crippen molar-refractivity contribution in [3.05, 3.63) is 71.8 Å². The van der Waals surface area contributed by atoms with Gasteiger partial charge < -0.3 is 19.6 Å². The topological polar surface area (TPSA) is 71.7 Å². The fourth-order valence-electron chi connectivity index (χ4n) is 3.45. The summed E-state index contributed by atoms with van der Waals surface area (Å²) in [5.41, 5.74) is 2.83. The van der Waals surface area contributed by atoms with Gasteiger partial charge in [0.25, 0.3) is 0 Å². The summed E-state index contributed by atoms with van der Waals surface area (Å²) in [6.07, 6.45) is 0. The van der Waals surface area contributed by atoms with Crippen molar-refractivity contribution in [2.75, 3.05) is 7.11 Å². The van der Waals surface area contributed by atoms with Crippen molar-refractivity contribution in [3.8, 4) is 11.5 Å². The summed E-state index contributed by atoms with van der Waals surface area (Å²) in [6.45, 7) is 1.46. The number of fused-ring (bicyclic) bond motifs is 3. The normalized spacial score (nSPS) is 12.2. The van der Waals surface area contributed by atoms with E-state index in [1.165, 1.54) is 6.92 Å². The number of benzene rings is 3. The van der Waals surface area contributed by atoms with Gasteiger partial charge in [-0.05, 0) is 35.9 Å². The first kappa shape index (κ1) is 17.0. The molecule has 0 radical (unpaired) electrons. The Balaban J connectivity index is 1.99. The van der Waals surface area contributed by atoms with Crippen LogP contribution in [0, 0.1) is 0 Å². The van der Waals surface area contributed by atoms with E-state index in [1.54, 1.807) is 19.2 Å². The summed E-state index contributed by atoms with van der Waals surface area (Å²) in [5, 5.41) is 15.4. The maximum absolute atomic E-state index is 11.9. The molecular weight excluding hydrogens is 342 g/mol. The van der Waals surface area contributed by atoms with Crippen LogP contribution in [-0.2, 0) is 4.79 Å². The summed E-state index contributed by atoms with van der Waals surface area (Å²) >= 11 is 0. The van der Waals surface area contributed by atoms with E-state index in [4.69, 9.17) is 9.15 Å². The van der Waals surface area contributed by atoms with Gasteiger partial charge in [0.05, 0.1) is 13.2 Å². The molecule has 1 atom stereocenters. The van der Waals surface area contributed by atoms with E-state index >= 15 is 0 Å². The van der Waals surface area contributed by atoms with Gasteiger partial charge in [-0.15, -0.1) is 0 Å². The minimum absolute atomic E-state index is 0.101. The maximum Gasteiger partial charge on any atom is 0.217 e. The molecule has 3 aromatic carbocycles. The Hall–Kier alpha value is -3.47. The lowest BCUT2D eigenvalue weighted by atomic mass is 9.93. The quantitative estimate of drug-likeness (QED) is 0.560. The molecule has 0 spiro atoms. The summed E-state index contributed by atoms with van der Waals surface area (Å²) < 4.78 is 11.2. The molecule has 0 aliphatic heterocycles. The van der Waals surface area contributed by atoms with Crippen molar-refractivity contribution in [3.63, 3.8) is 0 Å². The van der Waals surface area contributed by atoms with E-state index in [9.17, 15) is 9.90 Å². The number of furan rings is 1. The molecule has 0 aliphatic carbocycles. The molecule has 1 unspecified atom stereocenters. The average Bonchev–Trinajstić information content (AvgIpc) is 3.05. The number of ether oxygens (including phenoxy) is 1. The van der Waals surface area contributed by atoms with Crippen molar-refractivity contribution in [2.45, 2.75) is 13.0 Å². The van der Waals surface area contributed by atoms with Crippen LogP contribution in [0.25, 0.3) is 21.9 Å². The van der Waals surface area contributed by atoms with Gasteiger partial charge in [-0.25, -0.2) is 0 Å². The smallest absolute Gasteiger partial charge is 0.217 e. The zero-order valence-corrected chi connectivity index (χ0v) is 15.0. The van der Waals surface area contributed by atoms with Gasteiger partial charge in [-0.1, -0.05) is 30.3 Å². The Morgan fingerprint density at radius 1 is 1.04 bits per heavy atom. The number of hydrogen-bond donors (Lipinski definition) is 2. The van der Waals surface area contributed by atoms with Crippen molar-refractivity contribution in [1.82, 2.24) is 5.32 Å². The Bertz CT molecular complexity index is 1130. The number of phenolic OH excluding ortho intramolecular Hbond substituents is 1. The van der Waals surface area contributed by atoms with Gasteiger partial charge in [0.15, 0.2) is 0 Å². The minimum atomic E-state index is -0.530. The summed E-state index contributed by atoms with van der Waals surface area (Å²) in [6, 6.07) is 17.9. The van der Waals surface area contributed by atoms with E-state index < -0.39 is 6.04 Å². The number of carbonyl (C=O) groups is 1. The number of nitrogens with one attached hydrogen (secondary N) is 1. The van der Waals surface area contributed by atoms with E-state index in [0.29, 0.717) is 11.1 Å². The summed E-state index contributed by atoms with van der Waals surface area (Å²) in [5.74, 6) is 0.625. The van der Waals surface area contributed by atoms with Crippen molar-refractivity contribution in [2.24, 2.45) is 0 Å². The van der Waals surface area contributed by atoms with Crippen molar-refractivity contribution < 1.29 is 19.1 Å². The first-order valence-corrected chi connectivity index (χ1v) is 8.62. The molecule has 136 valence electrons. The predicted molar refractivity (Wildman–Crippen MR) is 104 cm³/mol. The van der Waals surface area contributed by atoms with Crippen LogP contribution in [0.5, 0.6) is 11.5 Å². The lowest BCUT2D eigenvalue weighted by Crippen LogP contribution is -2.27. The van der Waals surface area contributed by atoms with Crippen LogP contribution < -0.4 is 10.1 Å². The molecule has 4 rings (SSSR count). The van der Waals surface area contributed by atoms with Crippen LogP contribution in [0.4, 0.5) is 0 Å². The zero-order chi connectivity index (χ0) is 19.0. The molecule has 0 aliphatic rings. The third-order valence-corrected chi connectivity index (χ3v) is 4.65. The highest BCUT2D eigenvalue weighted by molar-refractivity contribution is 6.08. The Labute approximate surface area is 156 Å². The molecule has 5 heteroatoms. The second kappa shape index (κ2) is 6.68. The van der Waals surface area contributed by atoms with E-state index in [0.717, 1.165) is 27.7 Å². The largest absolute Gasteiger partial charge is 0.508 e. The molecule has 1 amide bonds. The van der Waals surface area contributed by atoms with Crippen LogP contribution in [0.3, 0.4) is 0 Å². The molecule has 5 nitrogen and oxygen atoms in total. The average molecular weight is 361 g/mol. The SMILES string of the molecule is COc1ccc(C(NC(C)=O)c2c(O)ccc3oc4ccccc4c23)cc1. The predicted octanol–water partition coefficient (Wildman–Crippen LogP) is 4.53. The third kappa shape index (κ3) is 2.97. The number of rotatable bonds is 4. The monoisotopic (exact) mass is 361 g/mol. The van der Waals surface area contributed by atoms with Crippen LogP contribution in [-0.4, -0.2) is 18.1 Å². The molecule has 0 fully saturated rings. The highest BCUT2D eigenvalue weighted by Crippen LogP contribution is 2.41. The second-order valence-corrected chi connectivity index (χ2v) is 6.38. The number of amides is 1. The van der Waals surface area contributed by atoms with Gasteiger partial charge in [-0.3, -0.25) is 4.79 Å². The Kier molecular flexibility index (Phi) is 4.20. The van der Waals surface area contributed by atoms with Crippen LogP contribution in [0.1, 0.15) is 24.1 Å². The van der Waals surface area contributed by atoms with Crippen molar-refractivity contribution in [1.29, 1.82) is 0 Å². The standard InChI is InChI=1S/C22H19NO4/c1-13(24)23-22(14-7-9-15(26-2)10-8-14)21-17(25)11-12-19-20(21)16-5-3-4-6-18(16)27-19/h3-12,22,25H,1-2H3,(H,23,24). The van der Waals surface area contributed by atoms with Gasteiger partial charge >= 0.3 is 0 Å². The highest BCUT2D eigenvalue weighted by Gasteiger charge is 2.24. The van der Waals surface area contributed by atoms with Crippen molar-refractivity contribution >= 4 is 27.8 Å². The molecule has 27 heavy (non-hydrogen) atoms. The molecule has 0 bridgehead atoms. The number of aromatic hydroxyl groups is 1. The third-order valence-electron chi connectivity index (χ3n) is 4.65. The number of phenols is 1. The van der Waals surface area contributed by atoms with Crippen LogP contribution >= 0.6 is 0 Å². The molecule has 2 N–H and O–H groups in total. The van der Waals surface area contributed by atoms with Gasteiger partial charge in [-0.2, -0.15) is 0 Å². The molecular formula is C22H19NO4. The van der Waals surface area contributed by atoms with E-state index in [-0.39, 0.29) is 11.7 Å². The van der Waals surface area contributed by atoms with Crippen LogP contribution in [0.15, 0.2) is 65.1 Å². The summed E-state index contributed by atoms with van der Waals surface area (Å²) in [4.78, 5) is 11.9. The van der Waals surface area contributed by atoms with Gasteiger partial charge in [0.2, 0.25) is 5.91 Å². The molecule has 0 saturated carbocycles.